The molecule has 0 bridgehead atoms. The molecule has 0 aliphatic heterocycles. The summed E-state index contributed by atoms with van der Waals surface area (Å²) >= 11 is 2.20. The first-order chi connectivity index (χ1) is 15.0. The Morgan fingerprint density at radius 2 is 1.68 bits per heavy atom. The van der Waals surface area contributed by atoms with Gasteiger partial charge in [0.2, 0.25) is 11.8 Å². The average Bonchev–Trinajstić information content (AvgIpc) is 2.76. The SMILES string of the molecule is NC(=O)[C@@H](Cc1ccccc1I)NC(=O)CCCCCNC(=O)OCc1ccccc1. The lowest BCUT2D eigenvalue weighted by atomic mass is 10.1. The second-order valence-corrected chi connectivity index (χ2v) is 8.28. The molecule has 1 atom stereocenters. The van der Waals surface area contributed by atoms with Gasteiger partial charge in [-0.3, -0.25) is 9.59 Å². The minimum absolute atomic E-state index is 0.204. The van der Waals surface area contributed by atoms with Gasteiger partial charge in [0.15, 0.2) is 0 Å². The Labute approximate surface area is 196 Å². The molecule has 0 fully saturated rings. The Morgan fingerprint density at radius 1 is 0.968 bits per heavy atom. The summed E-state index contributed by atoms with van der Waals surface area (Å²) in [6, 6.07) is 16.4. The van der Waals surface area contributed by atoms with Crippen molar-refractivity contribution in [1.29, 1.82) is 0 Å². The van der Waals surface area contributed by atoms with Crippen molar-refractivity contribution >= 4 is 40.5 Å². The molecule has 0 aromatic heterocycles. The van der Waals surface area contributed by atoms with E-state index in [4.69, 9.17) is 10.5 Å². The van der Waals surface area contributed by atoms with Gasteiger partial charge in [-0.15, -0.1) is 0 Å². The van der Waals surface area contributed by atoms with Gasteiger partial charge in [0, 0.05) is 23.0 Å². The Hall–Kier alpha value is -2.62. The van der Waals surface area contributed by atoms with E-state index in [1.807, 2.05) is 54.6 Å². The number of rotatable bonds is 12. The lowest BCUT2D eigenvalue weighted by Gasteiger charge is -2.16. The number of nitrogens with two attached hydrogens (primary N) is 1. The summed E-state index contributed by atoms with van der Waals surface area (Å²) in [5, 5.41) is 5.42. The molecule has 0 heterocycles. The zero-order chi connectivity index (χ0) is 22.5. The van der Waals surface area contributed by atoms with E-state index in [9.17, 15) is 14.4 Å². The topological polar surface area (TPSA) is 111 Å². The van der Waals surface area contributed by atoms with E-state index in [0.29, 0.717) is 25.8 Å². The van der Waals surface area contributed by atoms with E-state index in [2.05, 4.69) is 33.2 Å². The van der Waals surface area contributed by atoms with Gasteiger partial charge in [0.25, 0.3) is 0 Å². The summed E-state index contributed by atoms with van der Waals surface area (Å²) in [5.41, 5.74) is 7.36. The quantitative estimate of drug-likeness (QED) is 0.285. The maximum absolute atomic E-state index is 12.2. The summed E-state index contributed by atoms with van der Waals surface area (Å²) in [6.07, 6.45) is 2.37. The molecule has 2 rings (SSSR count). The average molecular weight is 537 g/mol. The fourth-order valence-corrected chi connectivity index (χ4v) is 3.53. The third-order valence-electron chi connectivity index (χ3n) is 4.62. The number of alkyl carbamates (subject to hydrolysis) is 1. The standard InChI is InChI=1S/C23H28IN3O4/c24-19-12-7-6-11-18(19)15-20(22(25)29)27-21(28)13-5-2-8-14-26-23(30)31-16-17-9-3-1-4-10-17/h1,3-4,6-7,9-12,20H,2,5,8,13-16H2,(H2,25,29)(H,26,30)(H,27,28)/t20-/m1/s1. The number of primary amides is 1. The molecular formula is C23H28IN3O4. The van der Waals surface area contributed by atoms with Gasteiger partial charge in [-0.1, -0.05) is 55.0 Å². The Kier molecular flexibility index (Phi) is 10.8. The van der Waals surface area contributed by atoms with E-state index >= 15 is 0 Å². The smallest absolute Gasteiger partial charge is 0.407 e. The maximum Gasteiger partial charge on any atom is 0.407 e. The molecule has 0 aliphatic rings. The molecule has 0 radical (unpaired) electrons. The third-order valence-corrected chi connectivity index (χ3v) is 5.68. The molecule has 0 aliphatic carbocycles. The summed E-state index contributed by atoms with van der Waals surface area (Å²) in [7, 11) is 0. The van der Waals surface area contributed by atoms with Crippen molar-refractivity contribution in [2.24, 2.45) is 5.73 Å². The first-order valence-corrected chi connectivity index (χ1v) is 11.3. The summed E-state index contributed by atoms with van der Waals surface area (Å²) in [4.78, 5) is 35.6. The van der Waals surface area contributed by atoms with Gasteiger partial charge >= 0.3 is 6.09 Å². The van der Waals surface area contributed by atoms with Crippen molar-refractivity contribution in [3.05, 3.63) is 69.3 Å². The lowest BCUT2D eigenvalue weighted by molar-refractivity contribution is -0.127. The molecule has 31 heavy (non-hydrogen) atoms. The second-order valence-electron chi connectivity index (χ2n) is 7.12. The Bertz CT molecular complexity index is 861. The third kappa shape index (κ3) is 9.82. The Morgan fingerprint density at radius 3 is 2.39 bits per heavy atom. The number of unbranched alkanes of at least 4 members (excludes halogenated alkanes) is 2. The van der Waals surface area contributed by atoms with Gasteiger partial charge < -0.3 is 21.1 Å². The molecule has 7 nitrogen and oxygen atoms in total. The molecule has 0 saturated heterocycles. The number of hydrogen-bond donors (Lipinski definition) is 3. The van der Waals surface area contributed by atoms with Crippen LogP contribution in [0.2, 0.25) is 0 Å². The highest BCUT2D eigenvalue weighted by molar-refractivity contribution is 14.1. The number of halogens is 1. The summed E-state index contributed by atoms with van der Waals surface area (Å²) in [6.45, 7) is 0.710. The van der Waals surface area contributed by atoms with Gasteiger partial charge in [-0.05, 0) is 52.6 Å². The molecular weight excluding hydrogens is 509 g/mol. The highest BCUT2D eigenvalue weighted by atomic mass is 127. The lowest BCUT2D eigenvalue weighted by Crippen LogP contribution is -2.45. The highest BCUT2D eigenvalue weighted by Gasteiger charge is 2.19. The monoisotopic (exact) mass is 537 g/mol. The molecule has 2 aromatic rings. The molecule has 0 spiro atoms. The molecule has 166 valence electrons. The van der Waals surface area contributed by atoms with Crippen LogP contribution in [0.4, 0.5) is 4.79 Å². The van der Waals surface area contributed by atoms with Gasteiger partial charge in [-0.25, -0.2) is 4.79 Å². The van der Waals surface area contributed by atoms with Crippen LogP contribution in [-0.4, -0.2) is 30.5 Å². The van der Waals surface area contributed by atoms with Crippen molar-refractivity contribution in [1.82, 2.24) is 10.6 Å². The van der Waals surface area contributed by atoms with Crippen LogP contribution in [0.5, 0.6) is 0 Å². The van der Waals surface area contributed by atoms with E-state index in [1.165, 1.54) is 0 Å². The van der Waals surface area contributed by atoms with E-state index in [1.54, 1.807) is 0 Å². The minimum Gasteiger partial charge on any atom is -0.445 e. The zero-order valence-corrected chi connectivity index (χ0v) is 19.5. The van der Waals surface area contributed by atoms with Crippen molar-refractivity contribution in [2.75, 3.05) is 6.54 Å². The summed E-state index contributed by atoms with van der Waals surface area (Å²) in [5.74, 6) is -0.754. The van der Waals surface area contributed by atoms with Crippen LogP contribution in [0.25, 0.3) is 0 Å². The van der Waals surface area contributed by atoms with Crippen LogP contribution in [0.1, 0.15) is 36.8 Å². The molecule has 0 saturated carbocycles. The molecule has 3 amide bonds. The maximum atomic E-state index is 12.2. The van der Waals surface area contributed by atoms with Gasteiger partial charge in [0.1, 0.15) is 12.6 Å². The van der Waals surface area contributed by atoms with Crippen molar-refractivity contribution in [3.8, 4) is 0 Å². The minimum atomic E-state index is -0.732. The normalized spacial score (nSPS) is 11.4. The molecule has 0 unspecified atom stereocenters. The second kappa shape index (κ2) is 13.6. The number of nitrogens with one attached hydrogen (secondary N) is 2. The Balaban J connectivity index is 1.58. The number of ether oxygens (including phenoxy) is 1. The van der Waals surface area contributed by atoms with Crippen LogP contribution in [0, 0.1) is 3.57 Å². The van der Waals surface area contributed by atoms with E-state index in [0.717, 1.165) is 27.5 Å². The predicted molar refractivity (Wildman–Crippen MR) is 127 cm³/mol. The molecule has 8 heteroatoms. The largest absolute Gasteiger partial charge is 0.445 e. The number of carbonyl (C=O) groups is 3. The number of benzene rings is 2. The van der Waals surface area contributed by atoms with E-state index in [-0.39, 0.29) is 12.5 Å². The first kappa shape index (κ1) is 24.6. The van der Waals surface area contributed by atoms with Crippen LogP contribution in [-0.2, 0) is 27.4 Å². The zero-order valence-electron chi connectivity index (χ0n) is 17.3. The van der Waals surface area contributed by atoms with Crippen molar-refractivity contribution < 1.29 is 19.1 Å². The van der Waals surface area contributed by atoms with Crippen molar-refractivity contribution in [3.63, 3.8) is 0 Å². The number of amides is 3. The van der Waals surface area contributed by atoms with Crippen LogP contribution < -0.4 is 16.4 Å². The molecule has 2 aromatic carbocycles. The van der Waals surface area contributed by atoms with Crippen LogP contribution >= 0.6 is 22.6 Å². The fraction of sp³-hybridized carbons (Fsp3) is 0.348. The number of hydrogen-bond acceptors (Lipinski definition) is 4. The molecule has 4 N–H and O–H groups in total. The first-order valence-electron chi connectivity index (χ1n) is 10.2. The highest BCUT2D eigenvalue weighted by Crippen LogP contribution is 2.13. The van der Waals surface area contributed by atoms with Gasteiger partial charge in [-0.2, -0.15) is 0 Å². The van der Waals surface area contributed by atoms with Crippen molar-refractivity contribution in [2.45, 2.75) is 44.8 Å². The number of carbonyl (C=O) groups excluding carboxylic acids is 3. The van der Waals surface area contributed by atoms with Crippen LogP contribution in [0.15, 0.2) is 54.6 Å². The van der Waals surface area contributed by atoms with Gasteiger partial charge in [0.05, 0.1) is 0 Å². The summed E-state index contributed by atoms with van der Waals surface area (Å²) < 4.78 is 6.16. The predicted octanol–water partition coefficient (Wildman–Crippen LogP) is 3.29. The fourth-order valence-electron chi connectivity index (χ4n) is 2.93. The van der Waals surface area contributed by atoms with E-state index < -0.39 is 18.0 Å². The van der Waals surface area contributed by atoms with Crippen LogP contribution in [0.3, 0.4) is 0 Å².